The van der Waals surface area contributed by atoms with E-state index < -0.39 is 5.92 Å². The minimum atomic E-state index is -0.571. The van der Waals surface area contributed by atoms with Crippen molar-refractivity contribution in [1.29, 1.82) is 5.26 Å². The lowest BCUT2D eigenvalue weighted by atomic mass is 9.83. The zero-order valence-electron chi connectivity index (χ0n) is 16.0. The summed E-state index contributed by atoms with van der Waals surface area (Å²) < 4.78 is 17.2. The van der Waals surface area contributed by atoms with Gasteiger partial charge in [0.25, 0.3) is 0 Å². The minimum absolute atomic E-state index is 0.00565. The number of hydrogen-bond acceptors (Lipinski definition) is 6. The zero-order chi connectivity index (χ0) is 21.4. The maximum atomic E-state index is 9.89. The largest absolute Gasteiger partial charge is 0.493 e. The molecule has 1 aromatic heterocycles. The molecule has 2 aromatic carbocycles. The predicted molar refractivity (Wildman–Crippen MR) is 116 cm³/mol. The van der Waals surface area contributed by atoms with Crippen molar-refractivity contribution in [2.45, 2.75) is 5.92 Å². The van der Waals surface area contributed by atoms with Crippen molar-refractivity contribution < 1.29 is 14.2 Å². The fourth-order valence-corrected chi connectivity index (χ4v) is 4.30. The summed E-state index contributed by atoms with van der Waals surface area (Å²) in [4.78, 5) is 0. The Bertz CT molecular complexity index is 1220. The molecule has 0 saturated carbocycles. The first-order valence-corrected chi connectivity index (χ1v) is 9.99. The second kappa shape index (κ2) is 7.94. The van der Waals surface area contributed by atoms with Gasteiger partial charge in [0.2, 0.25) is 11.8 Å². The molecule has 3 N–H and O–H groups in total. The molecule has 2 heterocycles. The number of hydrogen-bond donors (Lipinski definition) is 2. The van der Waals surface area contributed by atoms with Crippen LogP contribution in [0.15, 0.2) is 52.3 Å². The summed E-state index contributed by atoms with van der Waals surface area (Å²) in [5, 5.41) is 17.7. The molecular formula is C21H16BrClN4O3. The van der Waals surface area contributed by atoms with Crippen LogP contribution in [0.4, 0.5) is 0 Å². The van der Waals surface area contributed by atoms with Gasteiger partial charge >= 0.3 is 0 Å². The van der Waals surface area contributed by atoms with Gasteiger partial charge in [0.15, 0.2) is 11.5 Å². The Kier molecular flexibility index (Phi) is 5.33. The number of aromatic amines is 1. The van der Waals surface area contributed by atoms with Crippen molar-refractivity contribution in [3.05, 3.63) is 68.5 Å². The molecule has 3 aromatic rings. The van der Waals surface area contributed by atoms with E-state index in [1.54, 1.807) is 32.4 Å². The summed E-state index contributed by atoms with van der Waals surface area (Å²) in [6.07, 6.45) is 0. The lowest BCUT2D eigenvalue weighted by Gasteiger charge is -2.25. The fourth-order valence-electron chi connectivity index (χ4n) is 3.52. The van der Waals surface area contributed by atoms with Crippen LogP contribution in [0.3, 0.4) is 0 Å². The summed E-state index contributed by atoms with van der Waals surface area (Å²) in [5.74, 6) is 0.775. The molecule has 1 aliphatic heterocycles. The van der Waals surface area contributed by atoms with E-state index in [0.29, 0.717) is 32.3 Å². The van der Waals surface area contributed by atoms with Gasteiger partial charge in [0, 0.05) is 15.1 Å². The number of halogens is 2. The Labute approximate surface area is 186 Å². The number of nitrogens with zero attached hydrogens (tertiary/aromatic N) is 2. The standard InChI is InChI=1S/C21H16BrClN4O3/c1-28-15-7-11(13(22)8-16(15)29-2)17-12(9-24)20(25)30-21-18(17)19(26-27-21)10-5-3-4-6-14(10)23/h3-8,17H,25H2,1-2H3,(H,26,27)/t17-/m0/s1. The van der Waals surface area contributed by atoms with Crippen molar-refractivity contribution in [3.8, 4) is 34.7 Å². The number of nitrogens with one attached hydrogen (secondary N) is 1. The van der Waals surface area contributed by atoms with Crippen LogP contribution >= 0.6 is 27.5 Å². The molecule has 0 saturated heterocycles. The zero-order valence-corrected chi connectivity index (χ0v) is 18.3. The van der Waals surface area contributed by atoms with E-state index in [1.165, 1.54) is 0 Å². The van der Waals surface area contributed by atoms with Gasteiger partial charge in [0.05, 0.1) is 31.4 Å². The molecule has 0 radical (unpaired) electrons. The van der Waals surface area contributed by atoms with E-state index in [0.717, 1.165) is 11.1 Å². The summed E-state index contributed by atoms with van der Waals surface area (Å²) in [5.41, 5.74) is 9.10. The highest BCUT2D eigenvalue weighted by molar-refractivity contribution is 9.10. The lowest BCUT2D eigenvalue weighted by molar-refractivity contribution is 0.353. The van der Waals surface area contributed by atoms with Gasteiger partial charge in [-0.05, 0) is 23.8 Å². The Morgan fingerprint density at radius 3 is 2.60 bits per heavy atom. The molecule has 0 spiro atoms. The second-order valence-corrected chi connectivity index (χ2v) is 7.71. The smallest absolute Gasteiger partial charge is 0.244 e. The SMILES string of the molecule is COc1cc(Br)c([C@H]2C(C#N)=C(N)Oc3n[nH]c(-c4ccccc4Cl)c32)cc1OC. The topological polar surface area (TPSA) is 106 Å². The fraction of sp³-hybridized carbons (Fsp3) is 0.143. The molecule has 0 bridgehead atoms. The Balaban J connectivity index is 2.01. The molecule has 4 rings (SSSR count). The second-order valence-electron chi connectivity index (χ2n) is 6.45. The third-order valence-corrected chi connectivity index (χ3v) is 5.91. The third-order valence-electron chi connectivity index (χ3n) is 4.90. The van der Waals surface area contributed by atoms with Crippen LogP contribution in [0, 0.1) is 11.3 Å². The van der Waals surface area contributed by atoms with E-state index in [9.17, 15) is 5.26 Å². The number of nitriles is 1. The first-order valence-electron chi connectivity index (χ1n) is 8.82. The average Bonchev–Trinajstić information content (AvgIpc) is 3.16. The quantitative estimate of drug-likeness (QED) is 0.551. The first kappa shape index (κ1) is 20.1. The molecule has 0 fully saturated rings. The van der Waals surface area contributed by atoms with Crippen molar-refractivity contribution in [3.63, 3.8) is 0 Å². The highest BCUT2D eigenvalue weighted by Crippen LogP contribution is 2.49. The van der Waals surface area contributed by atoms with Gasteiger partial charge in [-0.3, -0.25) is 5.10 Å². The third kappa shape index (κ3) is 3.16. The van der Waals surface area contributed by atoms with Crippen molar-refractivity contribution in [1.82, 2.24) is 10.2 Å². The van der Waals surface area contributed by atoms with Gasteiger partial charge in [-0.25, -0.2) is 0 Å². The number of allylic oxidation sites excluding steroid dienone is 1. The van der Waals surface area contributed by atoms with Crippen LogP contribution < -0.4 is 19.9 Å². The van der Waals surface area contributed by atoms with E-state index in [4.69, 9.17) is 31.5 Å². The molecule has 0 aliphatic carbocycles. The normalized spacial score (nSPS) is 15.2. The first-order chi connectivity index (χ1) is 14.5. The molecule has 0 unspecified atom stereocenters. The maximum absolute atomic E-state index is 9.89. The van der Waals surface area contributed by atoms with Crippen LogP contribution in [0.1, 0.15) is 17.0 Å². The van der Waals surface area contributed by atoms with E-state index in [2.05, 4.69) is 32.2 Å². The van der Waals surface area contributed by atoms with Crippen LogP contribution in [0.2, 0.25) is 5.02 Å². The van der Waals surface area contributed by atoms with Crippen molar-refractivity contribution in [2.24, 2.45) is 5.73 Å². The lowest BCUT2D eigenvalue weighted by Crippen LogP contribution is -2.21. The molecule has 30 heavy (non-hydrogen) atoms. The van der Waals surface area contributed by atoms with Gasteiger partial charge in [-0.1, -0.05) is 45.7 Å². The summed E-state index contributed by atoms with van der Waals surface area (Å²) in [6, 6.07) is 13.1. The van der Waals surface area contributed by atoms with Gasteiger partial charge in [-0.2, -0.15) is 5.26 Å². The van der Waals surface area contributed by atoms with Crippen molar-refractivity contribution in [2.75, 3.05) is 14.2 Å². The van der Waals surface area contributed by atoms with Crippen LogP contribution in [0.25, 0.3) is 11.3 Å². The van der Waals surface area contributed by atoms with Gasteiger partial charge in [-0.15, -0.1) is 5.10 Å². The van der Waals surface area contributed by atoms with Crippen LogP contribution in [-0.2, 0) is 0 Å². The van der Waals surface area contributed by atoms with E-state index in [1.807, 2.05) is 18.2 Å². The van der Waals surface area contributed by atoms with Crippen LogP contribution in [-0.4, -0.2) is 24.4 Å². The highest BCUT2D eigenvalue weighted by Gasteiger charge is 2.37. The predicted octanol–water partition coefficient (Wildman–Crippen LogP) is 4.73. The van der Waals surface area contributed by atoms with Gasteiger partial charge in [0.1, 0.15) is 11.6 Å². The number of fused-ring (bicyclic) bond motifs is 1. The summed E-state index contributed by atoms with van der Waals surface area (Å²) >= 11 is 10.0. The Morgan fingerprint density at radius 2 is 1.93 bits per heavy atom. The molecule has 7 nitrogen and oxygen atoms in total. The minimum Gasteiger partial charge on any atom is -0.493 e. The number of rotatable bonds is 4. The van der Waals surface area contributed by atoms with E-state index >= 15 is 0 Å². The van der Waals surface area contributed by atoms with E-state index in [-0.39, 0.29) is 17.3 Å². The average molecular weight is 488 g/mol. The Morgan fingerprint density at radius 1 is 1.23 bits per heavy atom. The molecular weight excluding hydrogens is 472 g/mol. The molecule has 152 valence electrons. The number of nitrogens with two attached hydrogens (primary N) is 1. The number of ether oxygens (including phenoxy) is 3. The number of benzene rings is 2. The van der Waals surface area contributed by atoms with Gasteiger partial charge < -0.3 is 19.9 Å². The number of H-pyrrole nitrogens is 1. The number of methoxy groups -OCH3 is 2. The highest BCUT2D eigenvalue weighted by atomic mass is 79.9. The monoisotopic (exact) mass is 486 g/mol. The molecule has 1 aliphatic rings. The molecule has 9 heteroatoms. The van der Waals surface area contributed by atoms with Crippen LogP contribution in [0.5, 0.6) is 17.4 Å². The van der Waals surface area contributed by atoms with Crippen molar-refractivity contribution >= 4 is 27.5 Å². The summed E-state index contributed by atoms with van der Waals surface area (Å²) in [7, 11) is 3.11. The Hall–Kier alpha value is -3.15. The summed E-state index contributed by atoms with van der Waals surface area (Å²) in [6.45, 7) is 0. The molecule has 0 amide bonds. The maximum Gasteiger partial charge on any atom is 0.244 e. The molecule has 1 atom stereocenters. The number of aromatic nitrogens is 2.